The molecule has 12 heavy (non-hydrogen) atoms. The lowest BCUT2D eigenvalue weighted by Crippen LogP contribution is -2.21. The molecule has 0 aliphatic carbocycles. The summed E-state index contributed by atoms with van der Waals surface area (Å²) in [5.41, 5.74) is 0.0674. The van der Waals surface area contributed by atoms with Crippen molar-refractivity contribution in [1.29, 1.82) is 0 Å². The van der Waals surface area contributed by atoms with Gasteiger partial charge < -0.3 is 4.43 Å². The first kappa shape index (κ1) is 11.9. The molecule has 0 N–H and O–H groups in total. The molecule has 0 aromatic heterocycles. The van der Waals surface area contributed by atoms with Crippen LogP contribution in [0.5, 0.6) is 0 Å². The van der Waals surface area contributed by atoms with Crippen molar-refractivity contribution in [2.45, 2.75) is 46.3 Å². The molecule has 0 unspecified atom stereocenters. The van der Waals surface area contributed by atoms with Crippen LogP contribution >= 0.6 is 0 Å². The first-order valence-corrected chi connectivity index (χ1v) is 6.30. The molecule has 0 radical (unpaired) electrons. The summed E-state index contributed by atoms with van der Waals surface area (Å²) in [6.45, 7) is 10.7. The third kappa shape index (κ3) is 9.92. The third-order valence-corrected chi connectivity index (χ3v) is 2.98. The minimum absolute atomic E-state index is 0.0674. The highest BCUT2D eigenvalue weighted by molar-refractivity contribution is 6.28. The number of hydrogen-bond acceptors (Lipinski definition) is 1. The summed E-state index contributed by atoms with van der Waals surface area (Å²) in [6.07, 6.45) is 4.50. The van der Waals surface area contributed by atoms with Gasteiger partial charge in [0.25, 0.3) is 0 Å². The zero-order valence-corrected chi connectivity index (χ0v) is 10.5. The van der Waals surface area contributed by atoms with Crippen molar-refractivity contribution < 1.29 is 4.43 Å². The van der Waals surface area contributed by atoms with Crippen LogP contribution in [0.3, 0.4) is 0 Å². The van der Waals surface area contributed by atoms with E-state index in [-0.39, 0.29) is 15.4 Å². The minimum Gasteiger partial charge on any atom is -0.419 e. The van der Waals surface area contributed by atoms with E-state index in [4.69, 9.17) is 4.43 Å². The molecule has 0 fully saturated rings. The second-order valence-corrected chi connectivity index (χ2v) is 5.70. The third-order valence-electron chi connectivity index (χ3n) is 1.34. The zero-order chi connectivity index (χ0) is 9.61. The molecule has 2 heteroatoms. The van der Waals surface area contributed by atoms with E-state index >= 15 is 0 Å². The topological polar surface area (TPSA) is 9.23 Å². The Hall–Kier alpha value is -0.0831. The molecular formula is C10H22OSi. The highest BCUT2D eigenvalue weighted by atomic mass is 28.2. The fraction of sp³-hybridized carbons (Fsp3) is 0.800. The fourth-order valence-electron chi connectivity index (χ4n) is 0.802. The molecule has 0 aromatic rings. The lowest BCUT2D eigenvalue weighted by molar-refractivity contribution is 0.139. The highest BCUT2D eigenvalue weighted by Crippen LogP contribution is 2.06. The van der Waals surface area contributed by atoms with Gasteiger partial charge in [-0.2, -0.15) is 0 Å². The molecule has 0 heterocycles. The fourth-order valence-corrected chi connectivity index (χ4v) is 1.86. The van der Waals surface area contributed by atoms with Gasteiger partial charge in [0.05, 0.1) is 0 Å². The zero-order valence-electron chi connectivity index (χ0n) is 9.05. The summed E-state index contributed by atoms with van der Waals surface area (Å²) in [5, 5.41) is 0. The van der Waals surface area contributed by atoms with Gasteiger partial charge in [-0.05, 0) is 32.7 Å². The van der Waals surface area contributed by atoms with Gasteiger partial charge >= 0.3 is 0 Å². The second kappa shape index (κ2) is 5.54. The predicted octanol–water partition coefficient (Wildman–Crippen LogP) is 2.52. The molecule has 0 aromatic carbocycles. The molecule has 0 spiro atoms. The summed E-state index contributed by atoms with van der Waals surface area (Å²) in [5.74, 6) is 0.675. The van der Waals surface area contributed by atoms with Gasteiger partial charge in [-0.25, -0.2) is 0 Å². The van der Waals surface area contributed by atoms with E-state index in [1.54, 1.807) is 0 Å². The van der Waals surface area contributed by atoms with Crippen molar-refractivity contribution in [2.24, 2.45) is 5.92 Å². The van der Waals surface area contributed by atoms with Crippen molar-refractivity contribution in [3.8, 4) is 0 Å². The summed E-state index contributed by atoms with van der Waals surface area (Å²) in [4.78, 5) is 0. The molecular weight excluding hydrogens is 164 g/mol. The smallest absolute Gasteiger partial charge is 0.165 e. The van der Waals surface area contributed by atoms with Crippen molar-refractivity contribution in [3.63, 3.8) is 0 Å². The molecule has 0 bridgehead atoms. The molecule has 0 saturated heterocycles. The summed E-state index contributed by atoms with van der Waals surface area (Å²) in [7, 11) is -0.323. The van der Waals surface area contributed by atoms with Gasteiger partial charge in [0.1, 0.15) is 0 Å². The highest BCUT2D eigenvalue weighted by Gasteiger charge is 2.07. The van der Waals surface area contributed by atoms with Crippen LogP contribution in [0.2, 0.25) is 6.04 Å². The molecule has 0 saturated carbocycles. The molecule has 0 amide bonds. The SMILES string of the molecule is CC(C)C=CC[SiH2]OC(C)(C)C. The van der Waals surface area contributed by atoms with Crippen LogP contribution in [0.25, 0.3) is 0 Å². The maximum atomic E-state index is 5.70. The summed E-state index contributed by atoms with van der Waals surface area (Å²) >= 11 is 0. The Morgan fingerprint density at radius 3 is 2.33 bits per heavy atom. The van der Waals surface area contributed by atoms with E-state index in [0.717, 1.165) is 6.04 Å². The normalized spacial score (nSPS) is 14.2. The monoisotopic (exact) mass is 186 g/mol. The van der Waals surface area contributed by atoms with Gasteiger partial charge in [0.2, 0.25) is 0 Å². The van der Waals surface area contributed by atoms with Crippen LogP contribution in [0, 0.1) is 5.92 Å². The van der Waals surface area contributed by atoms with Crippen LogP contribution in [0.15, 0.2) is 12.2 Å². The van der Waals surface area contributed by atoms with E-state index in [0.29, 0.717) is 5.92 Å². The van der Waals surface area contributed by atoms with Crippen LogP contribution in [0.1, 0.15) is 34.6 Å². The molecule has 0 rings (SSSR count). The number of allylic oxidation sites excluding steroid dienone is 2. The maximum absolute atomic E-state index is 5.70. The number of hydrogen-bond donors (Lipinski definition) is 0. The lowest BCUT2D eigenvalue weighted by Gasteiger charge is -2.19. The average molecular weight is 186 g/mol. The van der Waals surface area contributed by atoms with Crippen LogP contribution in [-0.2, 0) is 4.43 Å². The Balaban J connectivity index is 3.34. The van der Waals surface area contributed by atoms with Gasteiger partial charge in [0.15, 0.2) is 9.76 Å². The van der Waals surface area contributed by atoms with E-state index < -0.39 is 0 Å². The molecule has 72 valence electrons. The Labute approximate surface area is 79.1 Å². The first-order chi connectivity index (χ1) is 5.42. The van der Waals surface area contributed by atoms with Gasteiger partial charge in [-0.1, -0.05) is 26.0 Å². The molecule has 0 aliphatic heterocycles. The summed E-state index contributed by atoms with van der Waals surface area (Å²) in [6, 6.07) is 1.16. The Kier molecular flexibility index (Phi) is 5.50. The van der Waals surface area contributed by atoms with E-state index in [1.807, 2.05) is 0 Å². The average Bonchev–Trinajstić information content (AvgIpc) is 1.83. The van der Waals surface area contributed by atoms with Crippen molar-refractivity contribution in [2.75, 3.05) is 0 Å². The first-order valence-electron chi connectivity index (χ1n) is 4.72. The van der Waals surface area contributed by atoms with E-state index in [2.05, 4.69) is 46.8 Å². The Morgan fingerprint density at radius 2 is 1.92 bits per heavy atom. The Bertz CT molecular complexity index is 133. The predicted molar refractivity (Wildman–Crippen MR) is 58.2 cm³/mol. The van der Waals surface area contributed by atoms with E-state index in [1.165, 1.54) is 0 Å². The minimum atomic E-state index is -0.323. The largest absolute Gasteiger partial charge is 0.419 e. The van der Waals surface area contributed by atoms with Gasteiger partial charge in [-0.3, -0.25) is 0 Å². The lowest BCUT2D eigenvalue weighted by atomic mass is 10.2. The van der Waals surface area contributed by atoms with E-state index in [9.17, 15) is 0 Å². The summed E-state index contributed by atoms with van der Waals surface area (Å²) < 4.78 is 5.70. The maximum Gasteiger partial charge on any atom is 0.165 e. The molecule has 0 aliphatic rings. The van der Waals surface area contributed by atoms with Crippen LogP contribution < -0.4 is 0 Å². The quantitative estimate of drug-likeness (QED) is 0.372. The standard InChI is InChI=1S/C10H22OSi/c1-9(2)7-6-8-12-11-10(3,4)5/h6-7,9H,8,12H2,1-5H3. The molecule has 0 atom stereocenters. The Morgan fingerprint density at radius 1 is 1.33 bits per heavy atom. The van der Waals surface area contributed by atoms with Crippen molar-refractivity contribution in [1.82, 2.24) is 0 Å². The van der Waals surface area contributed by atoms with Gasteiger partial charge in [-0.15, -0.1) is 0 Å². The van der Waals surface area contributed by atoms with Crippen molar-refractivity contribution in [3.05, 3.63) is 12.2 Å². The molecule has 1 nitrogen and oxygen atoms in total. The second-order valence-electron chi connectivity index (χ2n) is 4.42. The number of rotatable bonds is 4. The van der Waals surface area contributed by atoms with Gasteiger partial charge in [0, 0.05) is 5.60 Å². The van der Waals surface area contributed by atoms with Crippen LogP contribution in [-0.4, -0.2) is 15.4 Å². The van der Waals surface area contributed by atoms with Crippen LogP contribution in [0.4, 0.5) is 0 Å². The van der Waals surface area contributed by atoms with Crippen molar-refractivity contribution >= 4 is 9.76 Å².